The highest BCUT2D eigenvalue weighted by molar-refractivity contribution is 5.94. The van der Waals surface area contributed by atoms with Crippen LogP contribution >= 0.6 is 0 Å². The third kappa shape index (κ3) is 3.67. The van der Waals surface area contributed by atoms with E-state index in [4.69, 9.17) is 9.47 Å². The molecule has 0 bridgehead atoms. The van der Waals surface area contributed by atoms with Crippen molar-refractivity contribution in [3.8, 4) is 11.5 Å². The molecular formula is C21H24N2O3. The highest BCUT2D eigenvalue weighted by atomic mass is 16.5. The molecule has 0 aliphatic heterocycles. The summed E-state index contributed by atoms with van der Waals surface area (Å²) in [5.41, 5.74) is 2.89. The van der Waals surface area contributed by atoms with Crippen LogP contribution in [0.4, 0.5) is 5.69 Å². The first-order valence-electron chi connectivity index (χ1n) is 8.75. The number of anilines is 1. The molecule has 5 nitrogen and oxygen atoms in total. The number of rotatable bonds is 7. The van der Waals surface area contributed by atoms with Crippen molar-refractivity contribution in [2.75, 3.05) is 19.5 Å². The minimum atomic E-state index is -0.0242. The van der Waals surface area contributed by atoms with Crippen LogP contribution in [0.25, 0.3) is 10.9 Å². The van der Waals surface area contributed by atoms with Gasteiger partial charge in [0.05, 0.1) is 19.7 Å². The predicted octanol–water partition coefficient (Wildman–Crippen LogP) is 4.25. The molecule has 5 heteroatoms. The lowest BCUT2D eigenvalue weighted by Gasteiger charge is -2.12. The molecule has 0 atom stereocenters. The molecule has 0 radical (unpaired) electrons. The van der Waals surface area contributed by atoms with Crippen LogP contribution in [0.2, 0.25) is 0 Å². The standard InChI is InChI=1S/C21H24N2O3/c1-4-23-13-12-15-8-10-17(14-18(15)23)22-20(24)11-9-16-6-5-7-19(25-2)21(16)26-3/h5-8,10,12-14H,4,9,11H2,1-3H3,(H,22,24). The lowest BCUT2D eigenvalue weighted by molar-refractivity contribution is -0.116. The molecule has 0 spiro atoms. The number of nitrogens with zero attached hydrogens (tertiary/aromatic N) is 1. The zero-order valence-electron chi connectivity index (χ0n) is 15.4. The molecule has 136 valence electrons. The molecule has 0 saturated heterocycles. The summed E-state index contributed by atoms with van der Waals surface area (Å²) >= 11 is 0. The van der Waals surface area contributed by atoms with Gasteiger partial charge in [-0.05, 0) is 48.6 Å². The Morgan fingerprint density at radius 2 is 1.96 bits per heavy atom. The summed E-state index contributed by atoms with van der Waals surface area (Å²) in [5, 5.41) is 4.16. The molecule has 1 amide bonds. The maximum Gasteiger partial charge on any atom is 0.224 e. The Morgan fingerprint density at radius 3 is 2.69 bits per heavy atom. The lowest BCUT2D eigenvalue weighted by Crippen LogP contribution is -2.12. The summed E-state index contributed by atoms with van der Waals surface area (Å²) in [6, 6.07) is 13.8. The first-order chi connectivity index (χ1) is 12.7. The summed E-state index contributed by atoms with van der Waals surface area (Å²) in [6.07, 6.45) is 3.02. The SMILES string of the molecule is CCn1ccc2ccc(NC(=O)CCc3cccc(OC)c3OC)cc21. The molecule has 0 aliphatic rings. The van der Waals surface area contributed by atoms with E-state index in [1.165, 1.54) is 5.39 Å². The summed E-state index contributed by atoms with van der Waals surface area (Å²) in [7, 11) is 3.22. The second-order valence-electron chi connectivity index (χ2n) is 6.08. The van der Waals surface area contributed by atoms with Crippen molar-refractivity contribution >= 4 is 22.5 Å². The van der Waals surface area contributed by atoms with Gasteiger partial charge in [0, 0.05) is 24.8 Å². The monoisotopic (exact) mass is 352 g/mol. The Hall–Kier alpha value is -2.95. The van der Waals surface area contributed by atoms with Gasteiger partial charge in [0.25, 0.3) is 0 Å². The quantitative estimate of drug-likeness (QED) is 0.692. The van der Waals surface area contributed by atoms with Crippen molar-refractivity contribution < 1.29 is 14.3 Å². The number of nitrogens with one attached hydrogen (secondary N) is 1. The third-order valence-electron chi connectivity index (χ3n) is 4.50. The van der Waals surface area contributed by atoms with Gasteiger partial charge in [0.1, 0.15) is 0 Å². The second kappa shape index (κ2) is 7.95. The molecule has 0 saturated carbocycles. The van der Waals surface area contributed by atoms with Crippen LogP contribution in [-0.2, 0) is 17.8 Å². The van der Waals surface area contributed by atoms with Crippen LogP contribution in [-0.4, -0.2) is 24.7 Å². The van der Waals surface area contributed by atoms with Crippen LogP contribution in [0.1, 0.15) is 18.9 Å². The number of carbonyl (C=O) groups is 1. The maximum atomic E-state index is 12.4. The first kappa shape index (κ1) is 17.9. The zero-order valence-corrected chi connectivity index (χ0v) is 15.4. The van der Waals surface area contributed by atoms with Crippen molar-refractivity contribution in [1.29, 1.82) is 0 Å². The smallest absolute Gasteiger partial charge is 0.224 e. The van der Waals surface area contributed by atoms with Crippen molar-refractivity contribution in [1.82, 2.24) is 4.57 Å². The molecule has 3 aromatic rings. The van der Waals surface area contributed by atoms with Gasteiger partial charge < -0.3 is 19.4 Å². The average Bonchev–Trinajstić information content (AvgIpc) is 3.08. The Labute approximate surface area is 153 Å². The van der Waals surface area contributed by atoms with E-state index in [0.717, 1.165) is 23.3 Å². The first-order valence-corrected chi connectivity index (χ1v) is 8.75. The Bertz CT molecular complexity index is 915. The molecule has 1 heterocycles. The predicted molar refractivity (Wildman–Crippen MR) is 104 cm³/mol. The fraction of sp³-hybridized carbons (Fsp3) is 0.286. The van der Waals surface area contributed by atoms with E-state index in [0.29, 0.717) is 24.3 Å². The van der Waals surface area contributed by atoms with Crippen LogP contribution in [0, 0.1) is 0 Å². The molecule has 1 aromatic heterocycles. The van der Waals surface area contributed by atoms with Crippen LogP contribution in [0.15, 0.2) is 48.7 Å². The van der Waals surface area contributed by atoms with E-state index in [2.05, 4.69) is 29.1 Å². The van der Waals surface area contributed by atoms with Crippen LogP contribution in [0.5, 0.6) is 11.5 Å². The highest BCUT2D eigenvalue weighted by Crippen LogP contribution is 2.31. The number of aryl methyl sites for hydroxylation is 2. The summed E-state index contributed by atoms with van der Waals surface area (Å²) < 4.78 is 12.9. The van der Waals surface area contributed by atoms with Gasteiger partial charge in [-0.2, -0.15) is 0 Å². The van der Waals surface area contributed by atoms with Gasteiger partial charge in [0.2, 0.25) is 5.91 Å². The van der Waals surface area contributed by atoms with Gasteiger partial charge in [-0.25, -0.2) is 0 Å². The maximum absolute atomic E-state index is 12.4. The molecule has 2 aromatic carbocycles. The van der Waals surface area contributed by atoms with Gasteiger partial charge >= 0.3 is 0 Å². The highest BCUT2D eigenvalue weighted by Gasteiger charge is 2.11. The third-order valence-corrected chi connectivity index (χ3v) is 4.50. The minimum absolute atomic E-state index is 0.0242. The molecule has 3 rings (SSSR count). The molecule has 0 unspecified atom stereocenters. The molecule has 26 heavy (non-hydrogen) atoms. The summed E-state index contributed by atoms with van der Waals surface area (Å²) in [4.78, 5) is 12.4. The fourth-order valence-electron chi connectivity index (χ4n) is 3.16. The van der Waals surface area contributed by atoms with Crippen LogP contribution in [0.3, 0.4) is 0 Å². The normalized spacial score (nSPS) is 10.7. The van der Waals surface area contributed by atoms with Gasteiger partial charge in [-0.1, -0.05) is 18.2 Å². The topological polar surface area (TPSA) is 52.5 Å². The van der Waals surface area contributed by atoms with E-state index in [1.807, 2.05) is 36.4 Å². The number of aromatic nitrogens is 1. The van der Waals surface area contributed by atoms with E-state index in [1.54, 1.807) is 14.2 Å². The second-order valence-corrected chi connectivity index (χ2v) is 6.08. The van der Waals surface area contributed by atoms with E-state index >= 15 is 0 Å². The number of para-hydroxylation sites is 1. The summed E-state index contributed by atoms with van der Waals surface area (Å²) in [5.74, 6) is 1.34. The number of hydrogen-bond acceptors (Lipinski definition) is 3. The van der Waals surface area contributed by atoms with E-state index in [9.17, 15) is 4.79 Å². The van der Waals surface area contributed by atoms with E-state index < -0.39 is 0 Å². The van der Waals surface area contributed by atoms with Crippen LogP contribution < -0.4 is 14.8 Å². The molecule has 1 N–H and O–H groups in total. The van der Waals surface area contributed by atoms with Crippen molar-refractivity contribution in [3.05, 3.63) is 54.2 Å². The van der Waals surface area contributed by atoms with Gasteiger partial charge in [-0.15, -0.1) is 0 Å². The number of amides is 1. The van der Waals surface area contributed by atoms with Crippen molar-refractivity contribution in [2.24, 2.45) is 0 Å². The average molecular weight is 352 g/mol. The van der Waals surface area contributed by atoms with Gasteiger partial charge in [-0.3, -0.25) is 4.79 Å². The lowest BCUT2D eigenvalue weighted by atomic mass is 10.1. The van der Waals surface area contributed by atoms with Crippen molar-refractivity contribution in [2.45, 2.75) is 26.3 Å². The van der Waals surface area contributed by atoms with Crippen molar-refractivity contribution in [3.63, 3.8) is 0 Å². The Morgan fingerprint density at radius 1 is 1.12 bits per heavy atom. The fourth-order valence-corrected chi connectivity index (χ4v) is 3.16. The molecular weight excluding hydrogens is 328 g/mol. The number of carbonyl (C=O) groups excluding carboxylic acids is 1. The summed E-state index contributed by atoms with van der Waals surface area (Å²) in [6.45, 7) is 3.00. The largest absolute Gasteiger partial charge is 0.493 e. The number of ether oxygens (including phenoxy) is 2. The Balaban J connectivity index is 1.68. The van der Waals surface area contributed by atoms with Gasteiger partial charge in [0.15, 0.2) is 11.5 Å². The Kier molecular flexibility index (Phi) is 5.46. The number of hydrogen-bond donors (Lipinski definition) is 1. The number of benzene rings is 2. The number of methoxy groups -OCH3 is 2. The molecule has 0 fully saturated rings. The number of fused-ring (bicyclic) bond motifs is 1. The van der Waals surface area contributed by atoms with E-state index in [-0.39, 0.29) is 5.91 Å². The zero-order chi connectivity index (χ0) is 18.5. The molecule has 0 aliphatic carbocycles. The minimum Gasteiger partial charge on any atom is -0.493 e.